The molecule has 4 aromatic heterocycles. The topological polar surface area (TPSA) is 86.1 Å². The Hall–Kier alpha value is -3.42. The van der Waals surface area contributed by atoms with E-state index in [1.165, 1.54) is 0 Å². The highest BCUT2D eigenvalue weighted by Gasteiger charge is 2.15. The van der Waals surface area contributed by atoms with Gasteiger partial charge in [-0.3, -0.25) is 14.4 Å². The number of aromatic nitrogens is 7. The maximum absolute atomic E-state index is 4.65. The highest BCUT2D eigenvalue weighted by Crippen LogP contribution is 2.18. The van der Waals surface area contributed by atoms with E-state index in [2.05, 4.69) is 37.2 Å². The number of rotatable bonds is 6. The zero-order valence-electron chi connectivity index (χ0n) is 15.3. The third kappa shape index (κ3) is 3.21. The molecule has 0 saturated carbocycles. The summed E-state index contributed by atoms with van der Waals surface area (Å²) >= 11 is 0. The average molecular weight is 360 g/mol. The van der Waals surface area contributed by atoms with Crippen LogP contribution in [0.15, 0.2) is 48.1 Å². The second-order valence-corrected chi connectivity index (χ2v) is 6.18. The highest BCUT2D eigenvalue weighted by molar-refractivity contribution is 5.83. The molecule has 0 aliphatic rings. The van der Waals surface area contributed by atoms with Crippen LogP contribution < -0.4 is 0 Å². The summed E-state index contributed by atoms with van der Waals surface area (Å²) in [4.78, 5) is 13.3. The molecule has 8 heteroatoms. The second kappa shape index (κ2) is 7.45. The molecule has 0 spiro atoms. The minimum Gasteiger partial charge on any atom is -0.296 e. The molecule has 4 aromatic rings. The summed E-state index contributed by atoms with van der Waals surface area (Å²) in [5, 5.41) is 12.6. The molecule has 0 bridgehead atoms. The van der Waals surface area contributed by atoms with E-state index in [0.29, 0.717) is 6.42 Å². The Labute approximate surface area is 156 Å². The van der Waals surface area contributed by atoms with Crippen molar-refractivity contribution in [1.82, 2.24) is 34.3 Å². The molecular weight excluding hydrogens is 340 g/mol. The van der Waals surface area contributed by atoms with Gasteiger partial charge in [-0.05, 0) is 24.6 Å². The Morgan fingerprint density at radius 1 is 1.19 bits per heavy atom. The Kier molecular flexibility index (Phi) is 4.69. The van der Waals surface area contributed by atoms with Crippen molar-refractivity contribution in [3.8, 4) is 5.82 Å². The predicted octanol–water partition coefficient (Wildman–Crippen LogP) is 2.30. The lowest BCUT2D eigenvalue weighted by molar-refractivity contribution is 0.768. The molecule has 0 atom stereocenters. The maximum atomic E-state index is 4.65. The lowest BCUT2D eigenvalue weighted by Crippen LogP contribution is -2.11. The third-order valence-electron chi connectivity index (χ3n) is 4.38. The van der Waals surface area contributed by atoms with Crippen molar-refractivity contribution in [3.05, 3.63) is 65.8 Å². The van der Waals surface area contributed by atoms with Gasteiger partial charge in [0.25, 0.3) is 0 Å². The largest absolute Gasteiger partial charge is 0.296 e. The van der Waals surface area contributed by atoms with Gasteiger partial charge in [0.1, 0.15) is 6.33 Å². The van der Waals surface area contributed by atoms with E-state index in [1.54, 1.807) is 38.2 Å². The molecular formula is C19H20N8. The van der Waals surface area contributed by atoms with E-state index in [1.807, 2.05) is 27.3 Å². The standard InChI is InChI=1S/C19H20N8/c1-3-5-17-16(22-12-18-25-23-13-26(17)18)10-15-7-9-24-27(15)19-14(11-20-2)6-4-8-21-19/h4,6-9,11-13H,3,5,10H2,1-2H3. The average Bonchev–Trinajstić information content (AvgIpc) is 3.34. The lowest BCUT2D eigenvalue weighted by Gasteiger charge is -2.12. The van der Waals surface area contributed by atoms with Gasteiger partial charge in [-0.25, -0.2) is 9.67 Å². The van der Waals surface area contributed by atoms with Crippen LogP contribution in [0.25, 0.3) is 11.5 Å². The van der Waals surface area contributed by atoms with Crippen molar-refractivity contribution in [1.29, 1.82) is 0 Å². The number of pyridine rings is 1. The summed E-state index contributed by atoms with van der Waals surface area (Å²) < 4.78 is 3.87. The van der Waals surface area contributed by atoms with Gasteiger partial charge in [0, 0.05) is 43.3 Å². The number of aliphatic imine (C=N–C) groups is 1. The molecule has 0 aliphatic heterocycles. The summed E-state index contributed by atoms with van der Waals surface area (Å²) in [6.07, 6.45) is 11.4. The molecule has 0 fully saturated rings. The quantitative estimate of drug-likeness (QED) is 0.493. The van der Waals surface area contributed by atoms with Crippen molar-refractivity contribution < 1.29 is 0 Å². The molecule has 0 radical (unpaired) electrons. The number of aryl methyl sites for hydroxylation is 1. The molecule has 27 heavy (non-hydrogen) atoms. The first-order valence-electron chi connectivity index (χ1n) is 8.88. The van der Waals surface area contributed by atoms with E-state index >= 15 is 0 Å². The predicted molar refractivity (Wildman–Crippen MR) is 102 cm³/mol. The fourth-order valence-electron chi connectivity index (χ4n) is 3.19. The summed E-state index contributed by atoms with van der Waals surface area (Å²) in [6.45, 7) is 2.15. The first-order chi connectivity index (χ1) is 13.3. The Morgan fingerprint density at radius 3 is 2.96 bits per heavy atom. The molecule has 4 heterocycles. The Bertz CT molecular complexity index is 1090. The molecule has 0 saturated heterocycles. The first-order valence-corrected chi connectivity index (χ1v) is 8.88. The highest BCUT2D eigenvalue weighted by atomic mass is 15.3. The van der Waals surface area contributed by atoms with Crippen LogP contribution in [-0.2, 0) is 12.8 Å². The van der Waals surface area contributed by atoms with E-state index in [4.69, 9.17) is 0 Å². The van der Waals surface area contributed by atoms with Gasteiger partial charge in [-0.15, -0.1) is 10.2 Å². The minimum atomic E-state index is 0.642. The Balaban J connectivity index is 1.77. The third-order valence-corrected chi connectivity index (χ3v) is 4.38. The van der Waals surface area contributed by atoms with Gasteiger partial charge < -0.3 is 0 Å². The van der Waals surface area contributed by atoms with E-state index in [0.717, 1.165) is 47.0 Å². The molecule has 0 amide bonds. The monoisotopic (exact) mass is 360 g/mol. The SMILES string of the molecule is CCCc1c(Cc2ccnn2-c2ncccc2C=NC)ncc2nncn12. The van der Waals surface area contributed by atoms with Gasteiger partial charge in [-0.2, -0.15) is 5.10 Å². The maximum Gasteiger partial charge on any atom is 0.179 e. The second-order valence-electron chi connectivity index (χ2n) is 6.18. The van der Waals surface area contributed by atoms with Gasteiger partial charge in [0.2, 0.25) is 0 Å². The van der Waals surface area contributed by atoms with E-state index < -0.39 is 0 Å². The van der Waals surface area contributed by atoms with Crippen molar-refractivity contribution in [3.63, 3.8) is 0 Å². The summed E-state index contributed by atoms with van der Waals surface area (Å²) in [5.41, 5.74) is 4.82. The van der Waals surface area contributed by atoms with Crippen LogP contribution in [0.5, 0.6) is 0 Å². The number of nitrogens with zero attached hydrogens (tertiary/aromatic N) is 8. The summed E-state index contributed by atoms with van der Waals surface area (Å²) in [5.74, 6) is 0.755. The fourth-order valence-corrected chi connectivity index (χ4v) is 3.19. The first kappa shape index (κ1) is 17.0. The Morgan fingerprint density at radius 2 is 2.11 bits per heavy atom. The smallest absolute Gasteiger partial charge is 0.179 e. The number of hydrogen-bond donors (Lipinski definition) is 0. The van der Waals surface area contributed by atoms with Crippen molar-refractivity contribution in [2.24, 2.45) is 4.99 Å². The lowest BCUT2D eigenvalue weighted by atomic mass is 10.1. The van der Waals surface area contributed by atoms with Gasteiger partial charge in [0.05, 0.1) is 17.6 Å². The van der Waals surface area contributed by atoms with Crippen molar-refractivity contribution in [2.45, 2.75) is 26.2 Å². The zero-order chi connectivity index (χ0) is 18.6. The molecule has 0 aromatic carbocycles. The van der Waals surface area contributed by atoms with Crippen LogP contribution in [-0.4, -0.2) is 47.6 Å². The number of fused-ring (bicyclic) bond motifs is 1. The normalized spacial score (nSPS) is 11.6. The fraction of sp³-hybridized carbons (Fsp3) is 0.263. The van der Waals surface area contributed by atoms with Crippen LogP contribution in [0, 0.1) is 0 Å². The molecule has 4 rings (SSSR count). The van der Waals surface area contributed by atoms with Crippen molar-refractivity contribution in [2.75, 3.05) is 7.05 Å². The molecule has 0 aliphatic carbocycles. The number of hydrogen-bond acceptors (Lipinski definition) is 6. The summed E-state index contributed by atoms with van der Waals surface area (Å²) in [7, 11) is 1.75. The van der Waals surface area contributed by atoms with Gasteiger partial charge >= 0.3 is 0 Å². The van der Waals surface area contributed by atoms with E-state index in [9.17, 15) is 0 Å². The molecule has 8 nitrogen and oxygen atoms in total. The molecule has 0 N–H and O–H groups in total. The molecule has 136 valence electrons. The van der Waals surface area contributed by atoms with Crippen LogP contribution in [0.4, 0.5) is 0 Å². The van der Waals surface area contributed by atoms with Crippen LogP contribution in [0.2, 0.25) is 0 Å². The van der Waals surface area contributed by atoms with Crippen LogP contribution in [0.3, 0.4) is 0 Å². The summed E-state index contributed by atoms with van der Waals surface area (Å²) in [6, 6.07) is 5.87. The van der Waals surface area contributed by atoms with Crippen LogP contribution >= 0.6 is 0 Å². The minimum absolute atomic E-state index is 0.642. The van der Waals surface area contributed by atoms with Gasteiger partial charge in [0.15, 0.2) is 11.5 Å². The van der Waals surface area contributed by atoms with Crippen LogP contribution in [0.1, 0.15) is 36.0 Å². The van der Waals surface area contributed by atoms with Gasteiger partial charge in [-0.1, -0.05) is 13.3 Å². The van der Waals surface area contributed by atoms with Crippen molar-refractivity contribution >= 4 is 11.9 Å². The molecule has 0 unspecified atom stereocenters. The zero-order valence-corrected chi connectivity index (χ0v) is 15.3. The van der Waals surface area contributed by atoms with E-state index in [-0.39, 0.29) is 0 Å².